The SMILES string of the molecule is CN(C)CCN(C(=O)c1ccc(S(=O)(=O)N2CCCC2)cc1)c1nc2ccccc2s1. The van der Waals surface area contributed by atoms with Gasteiger partial charge in [-0.25, -0.2) is 13.4 Å². The molecule has 0 N–H and O–H groups in total. The molecule has 7 nitrogen and oxygen atoms in total. The third-order valence-electron chi connectivity index (χ3n) is 5.33. The standard InChI is InChI=1S/C22H26N4O3S2/c1-24(2)15-16-26(22-23-19-7-3-4-8-20(19)30-22)21(27)17-9-11-18(12-10-17)31(28,29)25-13-5-6-14-25/h3-4,7-12H,5-6,13-16H2,1-2H3. The molecule has 1 saturated heterocycles. The van der Waals surface area contributed by atoms with Crippen LogP contribution >= 0.6 is 11.3 Å². The van der Waals surface area contributed by atoms with E-state index in [0.717, 1.165) is 23.1 Å². The van der Waals surface area contributed by atoms with E-state index >= 15 is 0 Å². The maximum Gasteiger partial charge on any atom is 0.260 e. The van der Waals surface area contributed by atoms with Crippen molar-refractivity contribution in [3.05, 3.63) is 54.1 Å². The van der Waals surface area contributed by atoms with Crippen LogP contribution in [0, 0.1) is 0 Å². The van der Waals surface area contributed by atoms with Crippen molar-refractivity contribution in [1.82, 2.24) is 14.2 Å². The molecule has 3 aromatic rings. The van der Waals surface area contributed by atoms with Gasteiger partial charge in [-0.15, -0.1) is 0 Å². The minimum absolute atomic E-state index is 0.189. The number of amides is 1. The Morgan fingerprint density at radius 1 is 1.03 bits per heavy atom. The fourth-order valence-corrected chi connectivity index (χ4v) is 6.07. The average Bonchev–Trinajstić information content (AvgIpc) is 3.44. The molecular formula is C22H26N4O3S2. The van der Waals surface area contributed by atoms with Crippen molar-refractivity contribution >= 4 is 42.6 Å². The number of rotatable bonds is 7. The summed E-state index contributed by atoms with van der Waals surface area (Å²) in [5, 5.41) is 0.641. The van der Waals surface area contributed by atoms with Gasteiger partial charge in [0.15, 0.2) is 5.13 Å². The number of nitrogens with zero attached hydrogens (tertiary/aromatic N) is 4. The highest BCUT2D eigenvalue weighted by molar-refractivity contribution is 7.89. The Balaban J connectivity index is 1.61. The van der Waals surface area contributed by atoms with E-state index in [2.05, 4.69) is 4.98 Å². The van der Waals surface area contributed by atoms with Gasteiger partial charge >= 0.3 is 0 Å². The summed E-state index contributed by atoms with van der Waals surface area (Å²) < 4.78 is 28.1. The number of aromatic nitrogens is 1. The third-order valence-corrected chi connectivity index (χ3v) is 8.31. The number of thiazole rings is 1. The number of fused-ring (bicyclic) bond motifs is 1. The van der Waals surface area contributed by atoms with Crippen LogP contribution in [0.1, 0.15) is 23.2 Å². The first-order valence-electron chi connectivity index (χ1n) is 10.3. The van der Waals surface area contributed by atoms with Crippen molar-refractivity contribution in [1.29, 1.82) is 0 Å². The molecule has 1 aliphatic rings. The minimum Gasteiger partial charge on any atom is -0.308 e. The maximum absolute atomic E-state index is 13.4. The quantitative estimate of drug-likeness (QED) is 0.543. The van der Waals surface area contributed by atoms with Crippen LogP contribution in [0.4, 0.5) is 5.13 Å². The molecule has 1 aromatic heterocycles. The molecule has 4 rings (SSSR count). The monoisotopic (exact) mass is 458 g/mol. The van der Waals surface area contributed by atoms with E-state index in [1.807, 2.05) is 43.3 Å². The zero-order chi connectivity index (χ0) is 22.0. The lowest BCUT2D eigenvalue weighted by molar-refractivity contribution is 0.0985. The summed E-state index contributed by atoms with van der Waals surface area (Å²) in [5.41, 5.74) is 1.30. The molecule has 1 aliphatic heterocycles. The summed E-state index contributed by atoms with van der Waals surface area (Å²) in [6.45, 7) is 2.28. The number of para-hydroxylation sites is 1. The lowest BCUT2D eigenvalue weighted by atomic mass is 10.2. The highest BCUT2D eigenvalue weighted by Gasteiger charge is 2.28. The van der Waals surface area contributed by atoms with Crippen molar-refractivity contribution in [2.45, 2.75) is 17.7 Å². The number of sulfonamides is 1. The summed E-state index contributed by atoms with van der Waals surface area (Å²) in [5.74, 6) is -0.189. The molecule has 0 radical (unpaired) electrons. The van der Waals surface area contributed by atoms with Crippen LogP contribution in [-0.4, -0.2) is 68.8 Å². The van der Waals surface area contributed by atoms with Gasteiger partial charge in [0.2, 0.25) is 10.0 Å². The zero-order valence-electron chi connectivity index (χ0n) is 17.7. The van der Waals surface area contributed by atoms with Crippen LogP contribution in [0.15, 0.2) is 53.4 Å². The Labute approximate surface area is 187 Å². The topological polar surface area (TPSA) is 73.8 Å². The van der Waals surface area contributed by atoms with Crippen LogP contribution in [0.5, 0.6) is 0 Å². The molecule has 31 heavy (non-hydrogen) atoms. The minimum atomic E-state index is -3.50. The second-order valence-electron chi connectivity index (χ2n) is 7.86. The molecule has 0 aliphatic carbocycles. The summed E-state index contributed by atoms with van der Waals surface area (Å²) in [6, 6.07) is 14.1. The van der Waals surface area contributed by atoms with E-state index in [4.69, 9.17) is 0 Å². The molecule has 0 unspecified atom stereocenters. The van der Waals surface area contributed by atoms with Crippen molar-refractivity contribution in [3.63, 3.8) is 0 Å². The zero-order valence-corrected chi connectivity index (χ0v) is 19.3. The molecule has 0 atom stereocenters. The van der Waals surface area contributed by atoms with Crippen LogP contribution in [-0.2, 0) is 10.0 Å². The molecular weight excluding hydrogens is 432 g/mol. The highest BCUT2D eigenvalue weighted by atomic mass is 32.2. The van der Waals surface area contributed by atoms with E-state index in [-0.39, 0.29) is 10.8 Å². The first-order chi connectivity index (χ1) is 14.9. The van der Waals surface area contributed by atoms with E-state index < -0.39 is 10.0 Å². The molecule has 9 heteroatoms. The highest BCUT2D eigenvalue weighted by Crippen LogP contribution is 2.30. The fraction of sp³-hybridized carbons (Fsp3) is 0.364. The van der Waals surface area contributed by atoms with Gasteiger partial charge in [0, 0.05) is 31.7 Å². The lowest BCUT2D eigenvalue weighted by Crippen LogP contribution is -2.36. The summed E-state index contributed by atoms with van der Waals surface area (Å²) >= 11 is 1.48. The van der Waals surface area contributed by atoms with Gasteiger partial charge < -0.3 is 4.90 Å². The predicted octanol–water partition coefficient (Wildman–Crippen LogP) is 3.29. The predicted molar refractivity (Wildman–Crippen MR) is 124 cm³/mol. The Bertz CT molecular complexity index is 1130. The van der Waals surface area contributed by atoms with Gasteiger partial charge in [-0.2, -0.15) is 4.31 Å². The van der Waals surface area contributed by atoms with Gasteiger partial charge in [-0.1, -0.05) is 23.5 Å². The number of hydrogen-bond acceptors (Lipinski definition) is 6. The largest absolute Gasteiger partial charge is 0.308 e. The maximum atomic E-state index is 13.4. The Kier molecular flexibility index (Phi) is 6.38. The Hall–Kier alpha value is -2.33. The van der Waals surface area contributed by atoms with Gasteiger partial charge in [-0.3, -0.25) is 9.69 Å². The van der Waals surface area contributed by atoms with Crippen molar-refractivity contribution in [3.8, 4) is 0 Å². The first kappa shape index (κ1) is 21.9. The first-order valence-corrected chi connectivity index (χ1v) is 12.5. The molecule has 2 heterocycles. The molecule has 1 fully saturated rings. The number of anilines is 1. The van der Waals surface area contributed by atoms with E-state index in [9.17, 15) is 13.2 Å². The number of hydrogen-bond donors (Lipinski definition) is 0. The van der Waals surface area contributed by atoms with Gasteiger partial charge in [0.1, 0.15) is 0 Å². The Morgan fingerprint density at radius 3 is 2.35 bits per heavy atom. The van der Waals surface area contributed by atoms with Crippen molar-refractivity contribution < 1.29 is 13.2 Å². The fourth-order valence-electron chi connectivity index (χ4n) is 3.56. The van der Waals surface area contributed by atoms with Crippen LogP contribution in [0.2, 0.25) is 0 Å². The molecule has 1 amide bonds. The van der Waals surface area contributed by atoms with Crippen molar-refractivity contribution in [2.24, 2.45) is 0 Å². The smallest absolute Gasteiger partial charge is 0.260 e. The van der Waals surface area contributed by atoms with Gasteiger partial charge in [0.05, 0.1) is 15.1 Å². The number of carbonyl (C=O) groups excluding carboxylic acids is 1. The number of benzene rings is 2. The van der Waals surface area contributed by atoms with E-state index in [0.29, 0.717) is 36.9 Å². The van der Waals surface area contributed by atoms with Gasteiger partial charge in [-0.05, 0) is 63.3 Å². The lowest BCUT2D eigenvalue weighted by Gasteiger charge is -2.22. The van der Waals surface area contributed by atoms with E-state index in [1.54, 1.807) is 17.0 Å². The van der Waals surface area contributed by atoms with Crippen LogP contribution in [0.25, 0.3) is 10.2 Å². The average molecular weight is 459 g/mol. The summed E-state index contributed by atoms with van der Waals surface area (Å²) in [6.07, 6.45) is 1.78. The molecule has 0 saturated carbocycles. The summed E-state index contributed by atoms with van der Waals surface area (Å²) in [7, 11) is 0.414. The van der Waals surface area contributed by atoms with Gasteiger partial charge in [0.25, 0.3) is 5.91 Å². The molecule has 164 valence electrons. The summed E-state index contributed by atoms with van der Waals surface area (Å²) in [4.78, 5) is 21.9. The van der Waals surface area contributed by atoms with E-state index in [1.165, 1.54) is 27.8 Å². The molecule has 0 bridgehead atoms. The number of carbonyl (C=O) groups is 1. The molecule has 2 aromatic carbocycles. The molecule has 0 spiro atoms. The number of likely N-dealkylation sites (N-methyl/N-ethyl adjacent to an activating group) is 1. The second-order valence-corrected chi connectivity index (χ2v) is 10.8. The van der Waals surface area contributed by atoms with Crippen LogP contribution < -0.4 is 4.90 Å². The third kappa shape index (κ3) is 4.64. The van der Waals surface area contributed by atoms with Crippen molar-refractivity contribution in [2.75, 3.05) is 45.2 Å². The Morgan fingerprint density at radius 2 is 1.71 bits per heavy atom. The second kappa shape index (κ2) is 9.04. The normalized spacial score (nSPS) is 15.1. The van der Waals surface area contributed by atoms with Crippen LogP contribution in [0.3, 0.4) is 0 Å².